The van der Waals surface area contributed by atoms with Gasteiger partial charge in [0.15, 0.2) is 0 Å². The van der Waals surface area contributed by atoms with E-state index in [1.54, 1.807) is 21.9 Å². The van der Waals surface area contributed by atoms with Gasteiger partial charge in [0.05, 0.1) is 32.9 Å². The monoisotopic (exact) mass is 2040 g/mol. The summed E-state index contributed by atoms with van der Waals surface area (Å²) in [7, 11) is 5.34. The first-order chi connectivity index (χ1) is 69.4. The molecule has 6 heterocycles. The molecule has 21 rings (SSSR count). The molecule has 0 saturated carbocycles. The number of hydrogen-bond donors (Lipinski definition) is 6. The van der Waals surface area contributed by atoms with Crippen LogP contribution in [-0.2, 0) is 94.1 Å². The lowest BCUT2D eigenvalue weighted by Gasteiger charge is -2.40. The average molecular weight is 2040 g/mol. The highest BCUT2D eigenvalue weighted by Crippen LogP contribution is 2.52. The summed E-state index contributed by atoms with van der Waals surface area (Å²) in [5, 5.41) is 49.5. The van der Waals surface area contributed by atoms with Gasteiger partial charge >= 0.3 is 12.1 Å². The van der Waals surface area contributed by atoms with E-state index in [2.05, 4.69) is 129 Å². The van der Waals surface area contributed by atoms with E-state index >= 15 is 0 Å². The van der Waals surface area contributed by atoms with Crippen LogP contribution in [0.15, 0.2) is 231 Å². The van der Waals surface area contributed by atoms with E-state index in [1.807, 2.05) is 171 Å². The van der Waals surface area contributed by atoms with E-state index in [0.29, 0.717) is 96.6 Å². The van der Waals surface area contributed by atoms with Crippen LogP contribution in [0.3, 0.4) is 0 Å². The van der Waals surface area contributed by atoms with E-state index in [-0.39, 0.29) is 76.5 Å². The summed E-state index contributed by atoms with van der Waals surface area (Å²) in [6, 6.07) is 73.6. The van der Waals surface area contributed by atoms with Crippen LogP contribution in [0, 0.1) is 5.82 Å². The van der Waals surface area contributed by atoms with Gasteiger partial charge < -0.3 is 65.4 Å². The van der Waals surface area contributed by atoms with Gasteiger partial charge in [-0.15, -0.1) is 0 Å². The Morgan fingerprint density at radius 2 is 0.840 bits per heavy atom. The highest BCUT2D eigenvalue weighted by atomic mass is 35.5. The molecule has 0 unspecified atom stereocenters. The number of urea groups is 2. The molecule has 4 aliphatic carbocycles. The molecule has 144 heavy (non-hydrogen) atoms. The molecule has 752 valence electrons. The Morgan fingerprint density at radius 3 is 1.31 bits per heavy atom. The number of anilines is 2. The second-order valence-corrected chi connectivity index (χ2v) is 44.1. The number of likely N-dealkylation sites (N-methyl/N-ethyl adjacent to an activating group) is 4. The third-order valence-electron chi connectivity index (χ3n) is 31.1. The number of hydrogen-bond acceptors (Lipinski definition) is 15. The Morgan fingerprint density at radius 1 is 0.424 bits per heavy atom. The molecular formula is C117H129Cl4FN12O9S. The average Bonchev–Trinajstić information content (AvgIpc) is 1.39. The van der Waals surface area contributed by atoms with Gasteiger partial charge in [0.2, 0.25) is 10.0 Å². The number of piperazine rings is 1. The Balaban J connectivity index is 0.000000126. The number of para-hydroxylation sites is 1. The lowest BCUT2D eigenvalue weighted by molar-refractivity contribution is 0.0744. The molecule has 27 heteroatoms. The zero-order chi connectivity index (χ0) is 101. The first-order valence-electron chi connectivity index (χ1n) is 50.5. The molecule has 0 spiro atoms. The van der Waals surface area contributed by atoms with Crippen molar-refractivity contribution < 1.29 is 47.6 Å². The van der Waals surface area contributed by atoms with E-state index in [1.165, 1.54) is 89.5 Å². The van der Waals surface area contributed by atoms with Gasteiger partial charge in [-0.05, 0) is 334 Å². The van der Waals surface area contributed by atoms with Crippen LogP contribution in [0.2, 0.25) is 20.1 Å². The first kappa shape index (κ1) is 102. The maximum atomic E-state index is 13.8. The zero-order valence-corrected chi connectivity index (χ0v) is 87.0. The summed E-state index contributed by atoms with van der Waals surface area (Å²) in [6.45, 7) is 15.1. The van der Waals surface area contributed by atoms with Crippen LogP contribution in [0.1, 0.15) is 197 Å². The van der Waals surface area contributed by atoms with Gasteiger partial charge in [0.1, 0.15) is 34.6 Å². The Hall–Kier alpha value is -11.6. The Labute approximate surface area is 866 Å². The molecule has 0 bridgehead atoms. The Bertz CT molecular complexity index is 6810. The maximum Gasteiger partial charge on any atom is 0.322 e. The van der Waals surface area contributed by atoms with Crippen LogP contribution in [0.4, 0.5) is 25.5 Å². The number of halogens is 5. The minimum absolute atomic E-state index is 0.0468. The SMILES string of the molecule is CC(C)NC(=O)N(Cc1ccc2c(c1)[C@@H]1c3cc(O)c(Cl)cc3CCN(C)[C@H]1CC2)c1ccccc1.CCNC(=O)N(Cc1ccc(F)cc1)Cc1cccc2c1CC[C@H]1[C@H]2c2cc(O)c(Cl)cc2CCN1C.CN1CCc2cc(Cl)c(O)cc2[C@H]2c3cc(CN(Cc4ccccc4)S(C)(=O)=O)ccc3CC[C@@H]21.CN1CCc2cc(Cl)c(O)cc2[C@H]2c3cccc(C(=O)N4CCN(c5ccccn5)CC4)c3CC[C@@H]21. The lowest BCUT2D eigenvalue weighted by atomic mass is 9.73. The summed E-state index contributed by atoms with van der Waals surface area (Å²) >= 11 is 25.2. The molecular weight excluding hydrogens is 1910 g/mol. The number of carbonyl (C=O) groups is 3. The van der Waals surface area contributed by atoms with Crippen LogP contribution in [-0.4, -0.2) is 209 Å². The lowest BCUT2D eigenvalue weighted by Crippen LogP contribution is -2.49. The zero-order valence-electron chi connectivity index (χ0n) is 83.1. The first-order valence-corrected chi connectivity index (χ1v) is 53.9. The van der Waals surface area contributed by atoms with Gasteiger partial charge in [-0.25, -0.2) is 27.4 Å². The summed E-state index contributed by atoms with van der Waals surface area (Å²) < 4.78 is 40.3. The quantitative estimate of drug-likeness (QED) is 0.0528. The molecule has 5 aliphatic heterocycles. The summed E-state index contributed by atoms with van der Waals surface area (Å²) in [6.07, 6.45) is 14.5. The van der Waals surface area contributed by atoms with Gasteiger partial charge in [0.25, 0.3) is 5.91 Å². The smallest absolute Gasteiger partial charge is 0.322 e. The molecule has 8 atom stereocenters. The van der Waals surface area contributed by atoms with Crippen molar-refractivity contribution in [3.05, 3.63) is 379 Å². The normalized spacial score (nSPS) is 20.0. The van der Waals surface area contributed by atoms with Crippen molar-refractivity contribution in [2.75, 3.05) is 103 Å². The summed E-state index contributed by atoms with van der Waals surface area (Å²) in [5.74, 6) is 1.76. The fourth-order valence-corrected chi connectivity index (χ4v) is 25.2. The predicted molar refractivity (Wildman–Crippen MR) is 573 cm³/mol. The highest BCUT2D eigenvalue weighted by Gasteiger charge is 2.44. The molecule has 21 nitrogen and oxygen atoms in total. The molecule has 6 N–H and O–H groups in total. The minimum Gasteiger partial charge on any atom is -0.506 e. The number of aryl methyl sites for hydroxylation is 2. The predicted octanol–water partition coefficient (Wildman–Crippen LogP) is 21.2. The number of benzene rings is 11. The van der Waals surface area contributed by atoms with Crippen LogP contribution < -0.4 is 20.4 Å². The fourth-order valence-electron chi connectivity index (χ4n) is 23.7. The minimum atomic E-state index is -3.40. The second kappa shape index (κ2) is 44.8. The highest BCUT2D eigenvalue weighted by molar-refractivity contribution is 7.88. The van der Waals surface area contributed by atoms with Crippen molar-refractivity contribution in [2.45, 2.75) is 184 Å². The largest absolute Gasteiger partial charge is 0.506 e. The van der Waals surface area contributed by atoms with Crippen molar-refractivity contribution in [3.8, 4) is 23.0 Å². The molecule has 12 aromatic rings. The number of phenolic OH excluding ortho intramolecular Hbond substituents is 4. The molecule has 1 fully saturated rings. The van der Waals surface area contributed by atoms with Crippen LogP contribution in [0.25, 0.3) is 0 Å². The third kappa shape index (κ3) is 22.5. The second-order valence-electron chi connectivity index (χ2n) is 40.5. The fraction of sp³-hybridized carbons (Fsp3) is 0.368. The number of sulfonamides is 1. The number of fused-ring (bicyclic) bond motifs is 20. The van der Waals surface area contributed by atoms with Gasteiger partial charge in [-0.3, -0.25) is 9.69 Å². The standard InChI is InChI=1S/C30H33ClFN3O2.C30H34ClN3O2.C29H31ClN4O2.C28H31ClN2O3S/c1-3-33-30(37)35(17-19-7-9-22(32)10-8-19)18-21-5-4-6-24-23(21)11-12-27-29(24)25-16-28(36)26(31)15-20(25)13-14-34(27)2;1-19(2)32-30(36)34(23-7-5-4-6-8-23)18-20-9-10-21-11-12-27-29(24(21)15-20)25-17-28(35)26(31)16-22(25)13-14-33(27)3;1-32-12-10-19-17-24(30)26(35)18-23(19)28-21-5-4-6-22(20(21)8-9-25(28)32)29(36)34-15-13-33(14-16-34)27-7-2-3-11-31-27;1-30-13-12-22-15-25(29)27(32)16-24(22)28-23-14-20(8-9-21(23)10-11-26(28)30)18-31(35(2,33)34)17-19-6-4-3-5-7-19/h4-10,15-16,27,29,36H,3,11-14,17-18H2,1-2H3,(H,33,37);4-10,15-17,19,27,29,35H,11-14,18H2,1-3H3,(H,32,36);2-7,11,17-18,25,28,35H,8-10,12-16H2,1H3;3-9,14-16,26,28,32H,10-13,17-18H2,1-2H3/t2*27-,29+;25-,28+;26-,28+/m0000/s1. The van der Waals surface area contributed by atoms with Crippen molar-refractivity contribution in [3.63, 3.8) is 0 Å². The van der Waals surface area contributed by atoms with E-state index < -0.39 is 10.0 Å². The number of aromatic hydroxyl groups is 4. The third-order valence-corrected chi connectivity index (χ3v) is 33.5. The number of aromatic nitrogens is 1. The molecule has 1 aromatic heterocycles. The molecule has 0 radical (unpaired) electrons. The number of nitrogens with zero attached hydrogens (tertiary/aromatic N) is 10. The summed E-state index contributed by atoms with van der Waals surface area (Å²) in [5.41, 5.74) is 26.1. The van der Waals surface area contributed by atoms with E-state index in [4.69, 9.17) is 46.4 Å². The van der Waals surface area contributed by atoms with Gasteiger partial charge in [-0.1, -0.05) is 180 Å². The van der Waals surface area contributed by atoms with Crippen molar-refractivity contribution >= 4 is 85.9 Å². The molecule has 5 amide bonds. The number of carbonyl (C=O) groups excluding carboxylic acids is 3. The number of amides is 5. The number of phenols is 4. The number of nitrogens with one attached hydrogen (secondary N) is 2. The number of rotatable bonds is 16. The maximum absolute atomic E-state index is 13.8. The van der Waals surface area contributed by atoms with E-state index in [0.717, 1.165) is 183 Å². The van der Waals surface area contributed by atoms with Gasteiger partial charge in [0, 0.05) is 156 Å². The van der Waals surface area contributed by atoms with E-state index in [9.17, 15) is 47.6 Å². The van der Waals surface area contributed by atoms with Crippen LogP contribution in [0.5, 0.6) is 23.0 Å². The van der Waals surface area contributed by atoms with Crippen molar-refractivity contribution in [1.29, 1.82) is 0 Å². The Kier molecular flexibility index (Phi) is 31.9. The topological polar surface area (TPSA) is 232 Å². The van der Waals surface area contributed by atoms with Crippen LogP contribution >= 0.6 is 46.4 Å². The summed E-state index contributed by atoms with van der Waals surface area (Å²) in [4.78, 5) is 62.0. The molecule has 1 saturated heterocycles. The van der Waals surface area contributed by atoms with Crippen molar-refractivity contribution in [1.82, 2.24) is 49.3 Å². The van der Waals surface area contributed by atoms with Gasteiger partial charge in [-0.2, -0.15) is 4.31 Å². The molecule has 11 aromatic carbocycles. The molecule has 9 aliphatic rings. The number of pyridine rings is 1. The van der Waals surface area contributed by atoms with Crippen molar-refractivity contribution in [2.24, 2.45) is 0 Å².